The maximum atomic E-state index is 10.9. The van der Waals surface area contributed by atoms with Gasteiger partial charge in [0.15, 0.2) is 0 Å². The van der Waals surface area contributed by atoms with Gasteiger partial charge in [0.2, 0.25) is 0 Å². The van der Waals surface area contributed by atoms with E-state index in [2.05, 4.69) is 16.8 Å². The maximum Gasteiger partial charge on any atom is 0.337 e. The van der Waals surface area contributed by atoms with E-state index in [1.165, 1.54) is 0 Å². The van der Waals surface area contributed by atoms with Crippen molar-refractivity contribution in [2.75, 3.05) is 13.6 Å². The van der Waals surface area contributed by atoms with Gasteiger partial charge in [-0.3, -0.25) is 0 Å². The Morgan fingerprint density at radius 3 is 2.86 bits per heavy atom. The number of carbonyl (C=O) groups is 1. The smallest absolute Gasteiger partial charge is 0.337 e. The first-order valence-electron chi connectivity index (χ1n) is 6.57. The van der Waals surface area contributed by atoms with Crippen LogP contribution in [0.1, 0.15) is 33.8 Å². The summed E-state index contributed by atoms with van der Waals surface area (Å²) in [5, 5.41) is 12.3. The highest BCUT2D eigenvalue weighted by Crippen LogP contribution is 2.21. The number of rotatable bonds is 6. The third-order valence-electron chi connectivity index (χ3n) is 3.17. The average Bonchev–Trinajstić information content (AvgIpc) is 2.91. The molecule has 1 heterocycles. The molecule has 0 aliphatic carbocycles. The van der Waals surface area contributed by atoms with Crippen LogP contribution in [0.2, 0.25) is 5.02 Å². The molecule has 0 fully saturated rings. The van der Waals surface area contributed by atoms with E-state index in [-0.39, 0.29) is 10.6 Å². The number of halogens is 1. The van der Waals surface area contributed by atoms with Gasteiger partial charge in [0.25, 0.3) is 0 Å². The van der Waals surface area contributed by atoms with Crippen molar-refractivity contribution in [2.45, 2.75) is 19.4 Å². The van der Waals surface area contributed by atoms with Crippen LogP contribution in [0.3, 0.4) is 0 Å². The molecule has 21 heavy (non-hydrogen) atoms. The number of hydrogen-bond donors (Lipinski definition) is 1. The second-order valence-corrected chi connectivity index (χ2v) is 6.42. The van der Waals surface area contributed by atoms with Crippen LogP contribution in [0.5, 0.6) is 0 Å². The number of hydrogen-bond acceptors (Lipinski definition) is 4. The van der Waals surface area contributed by atoms with Crippen molar-refractivity contribution in [1.29, 1.82) is 0 Å². The molecule has 1 aromatic heterocycles. The summed E-state index contributed by atoms with van der Waals surface area (Å²) in [6, 6.07) is 5.08. The van der Waals surface area contributed by atoms with E-state index in [0.29, 0.717) is 5.92 Å². The molecule has 1 aromatic carbocycles. The first kappa shape index (κ1) is 15.9. The molecule has 112 valence electrons. The lowest BCUT2D eigenvalue weighted by Crippen LogP contribution is -2.23. The zero-order chi connectivity index (χ0) is 15.4. The van der Waals surface area contributed by atoms with Crippen LogP contribution in [0, 0.1) is 0 Å². The van der Waals surface area contributed by atoms with Gasteiger partial charge in [-0.05, 0) is 24.7 Å². The van der Waals surface area contributed by atoms with E-state index in [1.807, 2.05) is 18.6 Å². The van der Waals surface area contributed by atoms with Crippen LogP contribution in [-0.4, -0.2) is 34.6 Å². The molecule has 0 bridgehead atoms. The van der Waals surface area contributed by atoms with Crippen molar-refractivity contribution in [1.82, 2.24) is 9.88 Å². The zero-order valence-electron chi connectivity index (χ0n) is 11.9. The highest BCUT2D eigenvalue weighted by molar-refractivity contribution is 7.09. The minimum Gasteiger partial charge on any atom is -0.478 e. The molecule has 1 unspecified atom stereocenters. The summed E-state index contributed by atoms with van der Waals surface area (Å²) in [6.07, 6.45) is 1.82. The van der Waals surface area contributed by atoms with Gasteiger partial charge in [-0.2, -0.15) is 0 Å². The Bertz CT molecular complexity index is 616. The van der Waals surface area contributed by atoms with E-state index >= 15 is 0 Å². The van der Waals surface area contributed by atoms with Crippen LogP contribution in [0.25, 0.3) is 0 Å². The van der Waals surface area contributed by atoms with Crippen LogP contribution >= 0.6 is 22.9 Å². The third kappa shape index (κ3) is 4.27. The van der Waals surface area contributed by atoms with Crippen LogP contribution < -0.4 is 0 Å². The van der Waals surface area contributed by atoms with Crippen molar-refractivity contribution in [3.05, 3.63) is 50.9 Å². The summed E-state index contributed by atoms with van der Waals surface area (Å²) in [5.41, 5.74) is 1.14. The highest BCUT2D eigenvalue weighted by atomic mass is 35.5. The Kier molecular flexibility index (Phi) is 5.33. The number of carboxylic acid groups (broad SMARTS) is 1. The molecule has 0 saturated heterocycles. The van der Waals surface area contributed by atoms with Gasteiger partial charge in [0.1, 0.15) is 0 Å². The van der Waals surface area contributed by atoms with Crippen LogP contribution in [0.4, 0.5) is 0 Å². The number of benzene rings is 1. The molecule has 1 N–H and O–H groups in total. The lowest BCUT2D eigenvalue weighted by molar-refractivity contribution is 0.0697. The number of aromatic nitrogens is 1. The van der Waals surface area contributed by atoms with E-state index in [0.717, 1.165) is 23.7 Å². The molecule has 0 aliphatic heterocycles. The Labute approximate surface area is 133 Å². The molecular weight excluding hydrogens is 308 g/mol. The quantitative estimate of drug-likeness (QED) is 0.879. The lowest BCUT2D eigenvalue weighted by atomic mass is 10.1. The van der Waals surface area contributed by atoms with E-state index in [1.54, 1.807) is 29.5 Å². The first-order valence-corrected chi connectivity index (χ1v) is 7.82. The molecule has 4 nitrogen and oxygen atoms in total. The van der Waals surface area contributed by atoms with Crippen molar-refractivity contribution >= 4 is 28.9 Å². The molecule has 0 aliphatic rings. The zero-order valence-corrected chi connectivity index (χ0v) is 13.5. The largest absolute Gasteiger partial charge is 0.478 e. The van der Waals surface area contributed by atoms with Gasteiger partial charge < -0.3 is 10.0 Å². The molecule has 2 rings (SSSR count). The minimum atomic E-state index is -1.00. The molecule has 1 atom stereocenters. The number of aromatic carboxylic acids is 1. The minimum absolute atomic E-state index is 0.138. The summed E-state index contributed by atoms with van der Waals surface area (Å²) >= 11 is 7.65. The predicted molar refractivity (Wildman–Crippen MR) is 85.3 cm³/mol. The van der Waals surface area contributed by atoms with E-state index in [9.17, 15) is 4.79 Å². The van der Waals surface area contributed by atoms with Crippen LogP contribution in [0.15, 0.2) is 29.8 Å². The number of likely N-dealkylation sites (N-methyl/N-ethyl adjacent to an activating group) is 1. The average molecular weight is 325 g/mol. The summed E-state index contributed by atoms with van der Waals surface area (Å²) in [4.78, 5) is 17.4. The summed E-state index contributed by atoms with van der Waals surface area (Å²) in [5.74, 6) is -0.638. The van der Waals surface area contributed by atoms with Gasteiger partial charge in [-0.15, -0.1) is 11.3 Å². The molecule has 2 aromatic rings. The second kappa shape index (κ2) is 7.02. The van der Waals surface area contributed by atoms with Crippen molar-refractivity contribution < 1.29 is 9.90 Å². The van der Waals surface area contributed by atoms with Crippen LogP contribution in [-0.2, 0) is 6.54 Å². The number of nitrogens with zero attached hydrogens (tertiary/aromatic N) is 2. The fourth-order valence-corrected chi connectivity index (χ4v) is 3.20. The summed E-state index contributed by atoms with van der Waals surface area (Å²) < 4.78 is 0. The Hall–Kier alpha value is -1.43. The second-order valence-electron chi connectivity index (χ2n) is 5.09. The van der Waals surface area contributed by atoms with Gasteiger partial charge in [0.05, 0.1) is 15.6 Å². The molecule has 0 amide bonds. The Morgan fingerprint density at radius 1 is 1.52 bits per heavy atom. The maximum absolute atomic E-state index is 10.9. The van der Waals surface area contributed by atoms with Crippen molar-refractivity contribution in [3.63, 3.8) is 0 Å². The molecule has 6 heteroatoms. The molecule has 0 saturated carbocycles. The van der Waals surface area contributed by atoms with Gasteiger partial charge in [-0.25, -0.2) is 9.78 Å². The normalized spacial score (nSPS) is 12.6. The monoisotopic (exact) mass is 324 g/mol. The fourth-order valence-electron chi connectivity index (χ4n) is 2.23. The SMILES string of the molecule is CC(CN(C)Cc1ccc(C(=O)O)c(Cl)c1)c1nccs1. The van der Waals surface area contributed by atoms with Crippen molar-refractivity contribution in [2.24, 2.45) is 0 Å². The predicted octanol–water partition coefficient (Wildman–Crippen LogP) is 3.73. The van der Waals surface area contributed by atoms with Crippen molar-refractivity contribution in [3.8, 4) is 0 Å². The summed E-state index contributed by atoms with van der Waals surface area (Å²) in [6.45, 7) is 3.75. The highest BCUT2D eigenvalue weighted by Gasteiger charge is 2.13. The standard InChI is InChI=1S/C15H17ClN2O2S/c1-10(14-17-5-6-21-14)8-18(2)9-11-3-4-12(15(19)20)13(16)7-11/h3-7,10H,8-9H2,1-2H3,(H,19,20). The topological polar surface area (TPSA) is 53.4 Å². The molecule has 0 spiro atoms. The lowest BCUT2D eigenvalue weighted by Gasteiger charge is -2.20. The Balaban J connectivity index is 1.98. The number of thiazole rings is 1. The molecular formula is C15H17ClN2O2S. The molecule has 0 radical (unpaired) electrons. The van der Waals surface area contributed by atoms with Gasteiger partial charge in [-0.1, -0.05) is 24.6 Å². The van der Waals surface area contributed by atoms with E-state index in [4.69, 9.17) is 16.7 Å². The third-order valence-corrected chi connectivity index (χ3v) is 4.49. The Morgan fingerprint density at radius 2 is 2.29 bits per heavy atom. The van der Waals surface area contributed by atoms with Gasteiger partial charge in [0, 0.05) is 30.6 Å². The fraction of sp³-hybridized carbons (Fsp3) is 0.333. The van der Waals surface area contributed by atoms with Gasteiger partial charge >= 0.3 is 5.97 Å². The first-order chi connectivity index (χ1) is 9.97. The van der Waals surface area contributed by atoms with E-state index < -0.39 is 5.97 Å². The summed E-state index contributed by atoms with van der Waals surface area (Å²) in [7, 11) is 2.03. The number of carboxylic acids is 1.